The molecule has 1 aromatic carbocycles. The van der Waals surface area contributed by atoms with Crippen LogP contribution in [0.3, 0.4) is 0 Å². The number of halogens is 1. The van der Waals surface area contributed by atoms with Crippen LogP contribution in [0.1, 0.15) is 5.56 Å². The predicted octanol–water partition coefficient (Wildman–Crippen LogP) is -3.02. The van der Waals surface area contributed by atoms with Crippen molar-refractivity contribution in [2.75, 3.05) is 6.54 Å². The second-order valence-electron chi connectivity index (χ2n) is 4.84. The van der Waals surface area contributed by atoms with Crippen LogP contribution in [-0.4, -0.2) is 28.5 Å². The van der Waals surface area contributed by atoms with E-state index in [1.54, 1.807) is 6.07 Å². The first-order chi connectivity index (χ1) is 9.88. The fraction of sp³-hybridized carbons (Fsp3) is 0.267. The van der Waals surface area contributed by atoms with Crippen molar-refractivity contribution in [1.82, 2.24) is 5.32 Å². The first kappa shape index (κ1) is 19.9. The van der Waals surface area contributed by atoms with Gasteiger partial charge in [0.1, 0.15) is 0 Å². The standard InChI is InChI=1S/C15H16ClNO4.K/c16-11-3-1-2-10(8-11)5-7-17-12-4-6-15(20,21)13(9-12)14(18)19;/h1-4,6,8-9,13,17,20-21H,5,7H2,(H,18,19);/q;+1/p-1. The molecule has 1 unspecified atom stereocenters. The molecule has 1 aliphatic rings. The number of aliphatic carboxylic acids is 1. The Balaban J connectivity index is 0.00000242. The van der Waals surface area contributed by atoms with Crippen LogP contribution < -0.4 is 61.8 Å². The third-order valence-electron chi connectivity index (χ3n) is 3.20. The Morgan fingerprint density at radius 3 is 2.77 bits per heavy atom. The monoisotopic (exact) mass is 347 g/mol. The first-order valence-electron chi connectivity index (χ1n) is 6.43. The number of carbonyl (C=O) groups excluding carboxylic acids is 1. The van der Waals surface area contributed by atoms with E-state index in [1.807, 2.05) is 18.2 Å². The SMILES string of the molecule is O=C([O-])C1C=C(NCCc2cccc(Cl)c2)C=CC1(O)O.[K+]. The minimum absolute atomic E-state index is 0. The molecule has 7 heteroatoms. The summed E-state index contributed by atoms with van der Waals surface area (Å²) in [6, 6.07) is 7.44. The zero-order valence-electron chi connectivity index (χ0n) is 12.1. The van der Waals surface area contributed by atoms with Crippen LogP contribution in [0.2, 0.25) is 5.02 Å². The summed E-state index contributed by atoms with van der Waals surface area (Å²) in [6.45, 7) is 0.556. The van der Waals surface area contributed by atoms with E-state index in [-0.39, 0.29) is 51.4 Å². The van der Waals surface area contributed by atoms with E-state index in [2.05, 4.69) is 5.32 Å². The van der Waals surface area contributed by atoms with E-state index in [0.29, 0.717) is 23.7 Å². The summed E-state index contributed by atoms with van der Waals surface area (Å²) in [5, 5.41) is 33.6. The number of carboxylic acid groups (broad SMARTS) is 1. The van der Waals surface area contributed by atoms with E-state index >= 15 is 0 Å². The van der Waals surface area contributed by atoms with Crippen molar-refractivity contribution in [2.24, 2.45) is 5.92 Å². The molecule has 0 amide bonds. The Labute approximate surface area is 176 Å². The molecule has 1 aromatic rings. The molecule has 0 spiro atoms. The van der Waals surface area contributed by atoms with Gasteiger partial charge < -0.3 is 25.4 Å². The van der Waals surface area contributed by atoms with Gasteiger partial charge in [-0.25, -0.2) is 0 Å². The number of allylic oxidation sites excluding steroid dienone is 1. The third-order valence-corrected chi connectivity index (χ3v) is 3.43. The summed E-state index contributed by atoms with van der Waals surface area (Å²) in [6.07, 6.45) is 4.38. The van der Waals surface area contributed by atoms with Crippen molar-refractivity contribution in [3.8, 4) is 0 Å². The molecule has 22 heavy (non-hydrogen) atoms. The van der Waals surface area contributed by atoms with Crippen LogP contribution in [-0.2, 0) is 11.2 Å². The number of carboxylic acids is 1. The maximum Gasteiger partial charge on any atom is 1.00 e. The van der Waals surface area contributed by atoms with Gasteiger partial charge in [-0.15, -0.1) is 0 Å². The maximum absolute atomic E-state index is 10.9. The van der Waals surface area contributed by atoms with Crippen LogP contribution >= 0.6 is 11.6 Å². The Morgan fingerprint density at radius 1 is 1.41 bits per heavy atom. The number of benzene rings is 1. The summed E-state index contributed by atoms with van der Waals surface area (Å²) in [7, 11) is 0. The third kappa shape index (κ3) is 5.47. The zero-order chi connectivity index (χ0) is 15.5. The molecule has 0 saturated carbocycles. The molecule has 0 bridgehead atoms. The molecule has 5 nitrogen and oxygen atoms in total. The minimum atomic E-state index is -2.42. The molecule has 112 valence electrons. The summed E-state index contributed by atoms with van der Waals surface area (Å²) in [5.41, 5.74) is 1.55. The first-order valence-corrected chi connectivity index (χ1v) is 6.81. The fourth-order valence-corrected chi connectivity index (χ4v) is 2.29. The van der Waals surface area contributed by atoms with Crippen LogP contribution in [0.25, 0.3) is 0 Å². The van der Waals surface area contributed by atoms with Gasteiger partial charge in [-0.1, -0.05) is 23.7 Å². The average molecular weight is 348 g/mol. The van der Waals surface area contributed by atoms with E-state index in [4.69, 9.17) is 11.6 Å². The molecule has 2 rings (SSSR count). The molecular weight excluding hydrogens is 333 g/mol. The van der Waals surface area contributed by atoms with Crippen molar-refractivity contribution in [3.63, 3.8) is 0 Å². The second-order valence-corrected chi connectivity index (χ2v) is 5.28. The molecule has 1 aliphatic carbocycles. The van der Waals surface area contributed by atoms with Gasteiger partial charge in [0.25, 0.3) is 0 Å². The fourth-order valence-electron chi connectivity index (χ4n) is 2.08. The Bertz CT molecular complexity index is 601. The van der Waals surface area contributed by atoms with Crippen LogP contribution in [0, 0.1) is 5.92 Å². The van der Waals surface area contributed by atoms with Gasteiger partial charge in [-0.2, -0.15) is 0 Å². The van der Waals surface area contributed by atoms with Gasteiger partial charge in [0, 0.05) is 17.3 Å². The molecular formula is C15H15ClKNO4. The van der Waals surface area contributed by atoms with Crippen LogP contribution in [0.4, 0.5) is 0 Å². The summed E-state index contributed by atoms with van der Waals surface area (Å²) >= 11 is 5.89. The van der Waals surface area contributed by atoms with Gasteiger partial charge in [-0.3, -0.25) is 0 Å². The van der Waals surface area contributed by atoms with Crippen molar-refractivity contribution >= 4 is 17.6 Å². The Morgan fingerprint density at radius 2 is 2.14 bits per heavy atom. The normalized spacial score (nSPS) is 19.0. The maximum atomic E-state index is 10.9. The van der Waals surface area contributed by atoms with E-state index in [0.717, 1.165) is 11.6 Å². The number of nitrogens with one attached hydrogen (secondary N) is 1. The average Bonchev–Trinajstić information content (AvgIpc) is 2.40. The molecule has 0 aromatic heterocycles. The van der Waals surface area contributed by atoms with Gasteiger partial charge in [0.05, 0.1) is 11.9 Å². The largest absolute Gasteiger partial charge is 1.00 e. The zero-order valence-corrected chi connectivity index (χ0v) is 16.0. The Hall–Kier alpha value is -0.184. The molecule has 0 radical (unpaired) electrons. The van der Waals surface area contributed by atoms with E-state index < -0.39 is 17.7 Å². The van der Waals surface area contributed by atoms with Crippen molar-refractivity contribution < 1.29 is 71.5 Å². The number of rotatable bonds is 5. The number of hydrogen-bond donors (Lipinski definition) is 3. The topological polar surface area (TPSA) is 92.6 Å². The van der Waals surface area contributed by atoms with E-state index in [9.17, 15) is 20.1 Å². The van der Waals surface area contributed by atoms with Crippen molar-refractivity contribution in [1.29, 1.82) is 0 Å². The van der Waals surface area contributed by atoms with Crippen molar-refractivity contribution in [2.45, 2.75) is 12.2 Å². The molecule has 1 atom stereocenters. The summed E-state index contributed by atoms with van der Waals surface area (Å²) in [4.78, 5) is 10.9. The summed E-state index contributed by atoms with van der Waals surface area (Å²) in [5.74, 6) is -5.47. The number of hydrogen-bond acceptors (Lipinski definition) is 5. The molecule has 0 fully saturated rings. The van der Waals surface area contributed by atoms with Gasteiger partial charge in [0.2, 0.25) is 0 Å². The predicted molar refractivity (Wildman–Crippen MR) is 76.0 cm³/mol. The number of carbonyl (C=O) groups is 1. The molecule has 3 N–H and O–H groups in total. The van der Waals surface area contributed by atoms with E-state index in [1.165, 1.54) is 12.2 Å². The van der Waals surface area contributed by atoms with Gasteiger partial charge >= 0.3 is 51.4 Å². The smallest absolute Gasteiger partial charge is 0.549 e. The van der Waals surface area contributed by atoms with Crippen LogP contribution in [0.15, 0.2) is 48.2 Å². The molecule has 0 heterocycles. The number of aliphatic hydroxyl groups is 2. The minimum Gasteiger partial charge on any atom is -0.549 e. The van der Waals surface area contributed by atoms with Crippen LogP contribution in [0.5, 0.6) is 0 Å². The van der Waals surface area contributed by atoms with Crippen molar-refractivity contribution in [3.05, 3.63) is 58.8 Å². The van der Waals surface area contributed by atoms with Gasteiger partial charge in [0.15, 0.2) is 5.79 Å². The second kappa shape index (κ2) is 8.61. The summed E-state index contributed by atoms with van der Waals surface area (Å²) < 4.78 is 0. The molecule has 0 aliphatic heterocycles. The molecule has 0 saturated heterocycles. The van der Waals surface area contributed by atoms with Gasteiger partial charge in [-0.05, 0) is 42.3 Å². The quantitative estimate of drug-likeness (QED) is 0.389. The Kier molecular flexibility index (Phi) is 7.77.